The predicted molar refractivity (Wildman–Crippen MR) is 137 cm³/mol. The quantitative estimate of drug-likeness (QED) is 0.308. The molecule has 12 heteroatoms. The highest BCUT2D eigenvalue weighted by atomic mass is 35.5. The molecule has 0 bridgehead atoms. The molecule has 1 amide bonds. The van der Waals surface area contributed by atoms with Crippen molar-refractivity contribution in [2.75, 3.05) is 37.3 Å². The zero-order valence-electron chi connectivity index (χ0n) is 20.3. The molecule has 1 aliphatic carbocycles. The number of carbonyl (C=O) groups excluding carboxylic acids is 1. The van der Waals surface area contributed by atoms with Gasteiger partial charge in [0, 0.05) is 50.6 Å². The molecule has 2 fully saturated rings. The fourth-order valence-electron chi connectivity index (χ4n) is 4.69. The summed E-state index contributed by atoms with van der Waals surface area (Å²) in [5.74, 6) is 1.24. The van der Waals surface area contributed by atoms with Crippen LogP contribution in [0.4, 0.5) is 19.0 Å². The Morgan fingerprint density at radius 1 is 1.27 bits per heavy atom. The van der Waals surface area contributed by atoms with Gasteiger partial charge in [-0.05, 0) is 56.1 Å². The summed E-state index contributed by atoms with van der Waals surface area (Å²) >= 11 is 7.88. The lowest BCUT2D eigenvalue weighted by atomic mass is 10.1. The molecule has 1 aliphatic heterocycles. The lowest BCUT2D eigenvalue weighted by Gasteiger charge is -2.26. The van der Waals surface area contributed by atoms with Crippen molar-refractivity contribution >= 4 is 40.7 Å². The van der Waals surface area contributed by atoms with Crippen molar-refractivity contribution in [2.24, 2.45) is 5.92 Å². The Morgan fingerprint density at radius 2 is 2.03 bits per heavy atom. The zero-order chi connectivity index (χ0) is 26.2. The topological polar surface area (TPSA) is 63.0 Å². The van der Waals surface area contributed by atoms with E-state index < -0.39 is 12.1 Å². The van der Waals surface area contributed by atoms with Crippen molar-refractivity contribution in [1.29, 1.82) is 0 Å². The van der Waals surface area contributed by atoms with Crippen LogP contribution in [0.5, 0.6) is 5.75 Å². The van der Waals surface area contributed by atoms with Gasteiger partial charge in [0.25, 0.3) is 0 Å². The Kier molecular flexibility index (Phi) is 7.44. The van der Waals surface area contributed by atoms with Gasteiger partial charge in [-0.25, -0.2) is 4.98 Å². The van der Waals surface area contributed by atoms with E-state index in [0.29, 0.717) is 35.8 Å². The molecule has 3 aromatic rings. The van der Waals surface area contributed by atoms with Crippen molar-refractivity contribution in [1.82, 2.24) is 19.3 Å². The number of imidazole rings is 1. The van der Waals surface area contributed by atoms with Crippen LogP contribution in [0.2, 0.25) is 5.02 Å². The smallest absolute Gasteiger partial charge is 0.406 e. The molecule has 0 spiro atoms. The van der Waals surface area contributed by atoms with Crippen molar-refractivity contribution in [3.63, 3.8) is 0 Å². The maximum absolute atomic E-state index is 12.8. The maximum Gasteiger partial charge on any atom is 0.573 e. The second kappa shape index (κ2) is 10.6. The minimum absolute atomic E-state index is 0.0728. The second-order valence-corrected chi connectivity index (χ2v) is 10.5. The molecule has 1 aromatic carbocycles. The van der Waals surface area contributed by atoms with E-state index in [4.69, 9.17) is 16.6 Å². The van der Waals surface area contributed by atoms with E-state index >= 15 is 0 Å². The minimum Gasteiger partial charge on any atom is -0.406 e. The van der Waals surface area contributed by atoms with Crippen LogP contribution in [0.1, 0.15) is 32.1 Å². The van der Waals surface area contributed by atoms with Crippen LogP contribution in [-0.4, -0.2) is 64.0 Å². The molecule has 1 saturated heterocycles. The van der Waals surface area contributed by atoms with Gasteiger partial charge in [0.1, 0.15) is 22.3 Å². The van der Waals surface area contributed by atoms with Gasteiger partial charge in [-0.1, -0.05) is 11.6 Å². The summed E-state index contributed by atoms with van der Waals surface area (Å²) in [6, 6.07) is 3.79. The van der Waals surface area contributed by atoms with Gasteiger partial charge in [0.05, 0.1) is 5.02 Å². The third kappa shape index (κ3) is 5.93. The lowest BCUT2D eigenvalue weighted by molar-refractivity contribution is -0.274. The molecule has 7 nitrogen and oxygen atoms in total. The van der Waals surface area contributed by atoms with E-state index in [-0.39, 0.29) is 10.9 Å². The minimum atomic E-state index is -4.81. The highest BCUT2D eigenvalue weighted by molar-refractivity contribution is 7.98. The highest BCUT2D eigenvalue weighted by Crippen LogP contribution is 2.39. The maximum atomic E-state index is 12.8. The Hall–Kier alpha value is -2.66. The van der Waals surface area contributed by atoms with E-state index in [0.717, 1.165) is 62.2 Å². The number of thioether (sulfide) groups is 1. The first kappa shape index (κ1) is 26.0. The summed E-state index contributed by atoms with van der Waals surface area (Å²) in [4.78, 5) is 26.3. The normalized spacial score (nSPS) is 16.0. The van der Waals surface area contributed by atoms with Crippen molar-refractivity contribution in [3.05, 3.63) is 35.6 Å². The number of fused-ring (bicyclic) bond motifs is 1. The number of hydrogen-bond donors (Lipinski definition) is 0. The Bertz CT molecular complexity index is 1290. The number of nitrogens with zero attached hydrogens (tertiary/aromatic N) is 5. The summed E-state index contributed by atoms with van der Waals surface area (Å²) in [5, 5.41) is 0.861. The molecule has 2 aliphatic rings. The van der Waals surface area contributed by atoms with Crippen molar-refractivity contribution in [2.45, 2.75) is 43.5 Å². The zero-order valence-corrected chi connectivity index (χ0v) is 21.9. The van der Waals surface area contributed by atoms with Crippen molar-refractivity contribution in [3.8, 4) is 17.0 Å². The van der Waals surface area contributed by atoms with Gasteiger partial charge >= 0.3 is 6.36 Å². The van der Waals surface area contributed by atoms with Gasteiger partial charge in [-0.15, -0.1) is 24.9 Å². The number of rotatable bonds is 9. The second-order valence-electron chi connectivity index (χ2n) is 9.33. The van der Waals surface area contributed by atoms with Crippen molar-refractivity contribution < 1.29 is 22.7 Å². The highest BCUT2D eigenvalue weighted by Gasteiger charge is 2.32. The van der Waals surface area contributed by atoms with E-state index in [2.05, 4.69) is 14.6 Å². The number of likely N-dealkylation sites (tertiary alicyclic amines) is 1. The molecule has 0 radical (unpaired) electrons. The first-order valence-corrected chi connectivity index (χ1v) is 13.8. The molecule has 5 rings (SSSR count). The van der Waals surface area contributed by atoms with Gasteiger partial charge < -0.3 is 14.5 Å². The monoisotopic (exact) mass is 553 g/mol. The van der Waals surface area contributed by atoms with E-state index in [1.165, 1.54) is 23.9 Å². The van der Waals surface area contributed by atoms with Crippen LogP contribution in [0.3, 0.4) is 0 Å². The molecule has 0 unspecified atom stereocenters. The van der Waals surface area contributed by atoms with Gasteiger partial charge in [0.2, 0.25) is 5.91 Å². The van der Waals surface area contributed by atoms with E-state index in [9.17, 15) is 18.0 Å². The standard InChI is InChI=1S/C25H27ClF3N5O2S/c1-37-23-24(33(15-16-4-5-16)12-8-20(35)32-10-2-3-11-32)34-13-9-30-21(22(34)31-23)18-7-6-17(14-19(18)26)36-25(27,28)29/h6-7,9,13-14,16H,2-5,8,10-12,15H2,1H3. The third-order valence-electron chi connectivity index (χ3n) is 6.64. The Balaban J connectivity index is 1.49. The third-order valence-corrected chi connectivity index (χ3v) is 7.61. The number of hydrogen-bond acceptors (Lipinski definition) is 6. The van der Waals surface area contributed by atoms with Gasteiger partial charge in [-0.2, -0.15) is 0 Å². The summed E-state index contributed by atoms with van der Waals surface area (Å²) in [7, 11) is 0. The van der Waals surface area contributed by atoms with Crippen LogP contribution in [0.15, 0.2) is 35.6 Å². The SMILES string of the molecule is CSc1nc2c(-c3ccc(OC(F)(F)F)cc3Cl)nccn2c1N(CCC(=O)N1CCCC1)CC1CC1. The molecule has 198 valence electrons. The lowest BCUT2D eigenvalue weighted by Crippen LogP contribution is -2.34. The molecule has 2 aromatic heterocycles. The molecule has 3 heterocycles. The first-order chi connectivity index (χ1) is 17.7. The number of anilines is 1. The molecule has 0 atom stereocenters. The van der Waals surface area contributed by atoms with Crippen LogP contribution in [-0.2, 0) is 4.79 Å². The summed E-state index contributed by atoms with van der Waals surface area (Å²) in [5.41, 5.74) is 1.44. The van der Waals surface area contributed by atoms with Crippen LogP contribution >= 0.6 is 23.4 Å². The van der Waals surface area contributed by atoms with Crippen LogP contribution in [0, 0.1) is 5.92 Å². The number of aromatic nitrogens is 3. The number of amides is 1. The summed E-state index contributed by atoms with van der Waals surface area (Å²) in [6.07, 6.45) is 5.45. The van der Waals surface area contributed by atoms with E-state index in [1.807, 2.05) is 21.8 Å². The fourth-order valence-corrected chi connectivity index (χ4v) is 5.54. The predicted octanol–water partition coefficient (Wildman–Crippen LogP) is 5.90. The molecular formula is C25H27ClF3N5O2S. The number of carbonyl (C=O) groups is 1. The molecule has 0 N–H and O–H groups in total. The van der Waals surface area contributed by atoms with Gasteiger partial charge in [0.15, 0.2) is 5.65 Å². The summed E-state index contributed by atoms with van der Waals surface area (Å²) in [6.45, 7) is 3.07. The number of ether oxygens (including phenoxy) is 1. The first-order valence-electron chi connectivity index (χ1n) is 12.2. The summed E-state index contributed by atoms with van der Waals surface area (Å²) < 4.78 is 43.9. The van der Waals surface area contributed by atoms with E-state index in [1.54, 1.807) is 6.20 Å². The van der Waals surface area contributed by atoms with Gasteiger partial charge in [-0.3, -0.25) is 14.2 Å². The molecule has 37 heavy (non-hydrogen) atoms. The van der Waals surface area contributed by atoms with Crippen LogP contribution in [0.25, 0.3) is 16.9 Å². The Labute approximate surface area is 221 Å². The number of benzene rings is 1. The Morgan fingerprint density at radius 3 is 2.68 bits per heavy atom. The fraction of sp³-hybridized carbons (Fsp3) is 0.480. The number of halogens is 4. The number of alkyl halides is 3. The molecule has 1 saturated carbocycles. The molecular weight excluding hydrogens is 527 g/mol. The average molecular weight is 554 g/mol. The van der Waals surface area contributed by atoms with Crippen LogP contribution < -0.4 is 9.64 Å². The average Bonchev–Trinajstić information content (AvgIpc) is 3.34. The largest absolute Gasteiger partial charge is 0.573 e.